The summed E-state index contributed by atoms with van der Waals surface area (Å²) in [5.41, 5.74) is 1.24. The molecule has 3 heteroatoms. The molecule has 0 aromatic heterocycles. The van der Waals surface area contributed by atoms with Crippen molar-refractivity contribution in [2.24, 2.45) is 11.3 Å². The average molecular weight is 435 g/mol. The molecule has 31 heavy (non-hydrogen) atoms. The van der Waals surface area contributed by atoms with E-state index < -0.39 is 5.60 Å². The van der Waals surface area contributed by atoms with Crippen molar-refractivity contribution in [2.75, 3.05) is 14.2 Å². The summed E-state index contributed by atoms with van der Waals surface area (Å²) >= 11 is 0. The smallest absolute Gasteiger partial charge is 0.161 e. The molecule has 2 rings (SSSR count). The Bertz CT molecular complexity index is 635. The van der Waals surface area contributed by atoms with Gasteiger partial charge in [-0.05, 0) is 48.4 Å². The highest BCUT2D eigenvalue weighted by atomic mass is 16.5. The molecule has 1 aliphatic rings. The maximum atomic E-state index is 12.1. The number of rotatable bonds is 12. The van der Waals surface area contributed by atoms with Crippen molar-refractivity contribution in [1.82, 2.24) is 0 Å². The molecular formula is C28H50O3. The second-order valence-corrected chi connectivity index (χ2v) is 9.88. The minimum absolute atomic E-state index is 0.197. The quantitative estimate of drug-likeness (QED) is 0.338. The minimum atomic E-state index is -0.815. The summed E-state index contributed by atoms with van der Waals surface area (Å²) in [7, 11) is 3.34. The highest BCUT2D eigenvalue weighted by Gasteiger charge is 2.55. The Hall–Kier alpha value is -1.22. The van der Waals surface area contributed by atoms with Crippen LogP contribution in [0.1, 0.15) is 117 Å². The van der Waals surface area contributed by atoms with Crippen LogP contribution in [0.4, 0.5) is 0 Å². The lowest BCUT2D eigenvalue weighted by molar-refractivity contribution is -0.113. The fraction of sp³-hybridized carbons (Fsp3) is 0.786. The Kier molecular flexibility index (Phi) is 12.0. The molecule has 2 atom stereocenters. The zero-order chi connectivity index (χ0) is 23.5. The van der Waals surface area contributed by atoms with Crippen molar-refractivity contribution in [3.8, 4) is 11.5 Å². The van der Waals surface area contributed by atoms with Crippen LogP contribution >= 0.6 is 0 Å². The summed E-state index contributed by atoms with van der Waals surface area (Å²) < 4.78 is 11.0. The largest absolute Gasteiger partial charge is 0.493 e. The van der Waals surface area contributed by atoms with Gasteiger partial charge >= 0.3 is 0 Å². The van der Waals surface area contributed by atoms with E-state index in [2.05, 4.69) is 47.6 Å². The molecule has 0 bridgehead atoms. The molecule has 0 saturated carbocycles. The van der Waals surface area contributed by atoms with Crippen LogP contribution in [0.2, 0.25) is 0 Å². The zero-order valence-electron chi connectivity index (χ0n) is 21.8. The van der Waals surface area contributed by atoms with Crippen molar-refractivity contribution in [3.05, 3.63) is 23.3 Å². The molecule has 180 valence electrons. The number of fused-ring (bicyclic) bond motifs is 1. The summed E-state index contributed by atoms with van der Waals surface area (Å²) in [6, 6.07) is 4.09. The van der Waals surface area contributed by atoms with Gasteiger partial charge in [0.25, 0.3) is 0 Å². The zero-order valence-corrected chi connectivity index (χ0v) is 21.8. The number of benzene rings is 1. The van der Waals surface area contributed by atoms with Crippen LogP contribution in [0.3, 0.4) is 0 Å². The van der Waals surface area contributed by atoms with E-state index in [1.807, 2.05) is 6.07 Å². The fourth-order valence-electron chi connectivity index (χ4n) is 5.25. The first-order valence-electron chi connectivity index (χ1n) is 12.7. The van der Waals surface area contributed by atoms with Crippen LogP contribution in [0, 0.1) is 11.3 Å². The van der Waals surface area contributed by atoms with Gasteiger partial charge in [-0.1, -0.05) is 92.9 Å². The lowest BCUT2D eigenvalue weighted by atomic mass is 9.65. The first kappa shape index (κ1) is 27.8. The Labute approximate surface area is 192 Å². The van der Waals surface area contributed by atoms with E-state index >= 15 is 0 Å². The molecule has 1 N–H and O–H groups in total. The van der Waals surface area contributed by atoms with Gasteiger partial charge in [0.2, 0.25) is 0 Å². The molecule has 3 nitrogen and oxygen atoms in total. The lowest BCUT2D eigenvalue weighted by Gasteiger charge is -2.44. The monoisotopic (exact) mass is 434 g/mol. The van der Waals surface area contributed by atoms with Gasteiger partial charge < -0.3 is 14.6 Å². The summed E-state index contributed by atoms with van der Waals surface area (Å²) in [5, 5.41) is 12.1. The van der Waals surface area contributed by atoms with Gasteiger partial charge in [0.15, 0.2) is 11.5 Å². The van der Waals surface area contributed by atoms with Crippen LogP contribution in [0.25, 0.3) is 0 Å². The molecule has 0 spiro atoms. The van der Waals surface area contributed by atoms with Gasteiger partial charge in [-0.3, -0.25) is 0 Å². The van der Waals surface area contributed by atoms with Crippen LogP contribution in [-0.2, 0) is 12.0 Å². The number of hydrogen-bond acceptors (Lipinski definition) is 3. The van der Waals surface area contributed by atoms with Crippen molar-refractivity contribution >= 4 is 0 Å². The molecule has 1 aromatic carbocycles. The molecule has 2 unspecified atom stereocenters. The van der Waals surface area contributed by atoms with E-state index in [4.69, 9.17) is 9.47 Å². The fourth-order valence-corrected chi connectivity index (χ4v) is 5.25. The standard InChI is InChI=1S/C23H38O3.C5H12/c1-7-9-10-11-13-18(12-8-2)23(24)19-15-21(26-6)20(25-5)14-17(19)16-22(23,3)4;1-3-5-4-2/h14-15,18,24H,7-13,16H2,1-6H3;3-5H2,1-2H3. The third-order valence-electron chi connectivity index (χ3n) is 7.03. The van der Waals surface area contributed by atoms with E-state index in [-0.39, 0.29) is 11.3 Å². The third-order valence-corrected chi connectivity index (χ3v) is 7.03. The maximum absolute atomic E-state index is 12.1. The lowest BCUT2D eigenvalue weighted by Crippen LogP contribution is -2.45. The number of methoxy groups -OCH3 is 2. The molecule has 0 saturated heterocycles. The predicted molar refractivity (Wildman–Crippen MR) is 133 cm³/mol. The second kappa shape index (κ2) is 13.4. The Morgan fingerprint density at radius 2 is 1.39 bits per heavy atom. The summed E-state index contributed by atoms with van der Waals surface area (Å²) in [6.45, 7) is 13.3. The predicted octanol–water partition coefficient (Wildman–Crippen LogP) is 8.06. The first-order valence-corrected chi connectivity index (χ1v) is 12.7. The third kappa shape index (κ3) is 6.63. The summed E-state index contributed by atoms with van der Waals surface area (Å²) in [4.78, 5) is 0. The number of ether oxygens (including phenoxy) is 2. The van der Waals surface area contributed by atoms with Crippen LogP contribution in [0.15, 0.2) is 12.1 Å². The summed E-state index contributed by atoms with van der Waals surface area (Å²) in [6.07, 6.45) is 13.2. The SMILES string of the molecule is CCCCC.CCCCCCC(CCC)C1(O)c2cc(OC)c(OC)cc2CC1(C)C. The van der Waals surface area contributed by atoms with E-state index in [0.29, 0.717) is 5.75 Å². The van der Waals surface area contributed by atoms with E-state index in [0.717, 1.165) is 37.0 Å². The molecule has 0 aliphatic heterocycles. The van der Waals surface area contributed by atoms with Gasteiger partial charge in [0.05, 0.1) is 19.8 Å². The Balaban J connectivity index is 0.000000861. The molecular weight excluding hydrogens is 384 g/mol. The van der Waals surface area contributed by atoms with E-state index in [9.17, 15) is 5.11 Å². The molecule has 0 fully saturated rings. The Morgan fingerprint density at radius 3 is 1.87 bits per heavy atom. The van der Waals surface area contributed by atoms with Crippen LogP contribution in [0.5, 0.6) is 11.5 Å². The van der Waals surface area contributed by atoms with Crippen molar-refractivity contribution in [1.29, 1.82) is 0 Å². The molecule has 1 aliphatic carbocycles. The number of hydrogen-bond donors (Lipinski definition) is 1. The van der Waals surface area contributed by atoms with Crippen molar-refractivity contribution in [3.63, 3.8) is 0 Å². The van der Waals surface area contributed by atoms with Crippen molar-refractivity contribution in [2.45, 2.75) is 118 Å². The van der Waals surface area contributed by atoms with Crippen LogP contribution < -0.4 is 9.47 Å². The van der Waals surface area contributed by atoms with E-state index in [1.165, 1.54) is 50.5 Å². The van der Waals surface area contributed by atoms with Gasteiger partial charge in [-0.25, -0.2) is 0 Å². The highest BCUT2D eigenvalue weighted by molar-refractivity contribution is 5.53. The second-order valence-electron chi connectivity index (χ2n) is 9.88. The van der Waals surface area contributed by atoms with Gasteiger partial charge in [0.1, 0.15) is 0 Å². The molecule has 0 radical (unpaired) electrons. The molecule has 0 amide bonds. The number of unbranched alkanes of at least 4 members (excludes halogenated alkanes) is 5. The summed E-state index contributed by atoms with van der Waals surface area (Å²) in [5.74, 6) is 1.74. The molecule has 0 heterocycles. The van der Waals surface area contributed by atoms with Crippen molar-refractivity contribution < 1.29 is 14.6 Å². The number of aliphatic hydroxyl groups is 1. The maximum Gasteiger partial charge on any atom is 0.161 e. The highest BCUT2D eigenvalue weighted by Crippen LogP contribution is 2.57. The van der Waals surface area contributed by atoms with Gasteiger partial charge in [0, 0.05) is 5.41 Å². The topological polar surface area (TPSA) is 38.7 Å². The Morgan fingerprint density at radius 1 is 0.806 bits per heavy atom. The normalized spacial score (nSPS) is 19.9. The van der Waals surface area contributed by atoms with E-state index in [1.54, 1.807) is 14.2 Å². The van der Waals surface area contributed by atoms with Gasteiger partial charge in [-0.15, -0.1) is 0 Å². The average Bonchev–Trinajstić information content (AvgIpc) is 2.95. The minimum Gasteiger partial charge on any atom is -0.493 e. The van der Waals surface area contributed by atoms with Gasteiger partial charge in [-0.2, -0.15) is 0 Å². The first-order chi connectivity index (χ1) is 14.8. The molecule has 1 aromatic rings. The van der Waals surface area contributed by atoms with Crippen LogP contribution in [-0.4, -0.2) is 19.3 Å².